The molecule has 0 radical (unpaired) electrons. The highest BCUT2D eigenvalue weighted by molar-refractivity contribution is 5.69. The molecule has 0 aliphatic carbocycles. The van der Waals surface area contributed by atoms with Crippen molar-refractivity contribution >= 4 is 5.97 Å². The Hall–Kier alpha value is -1.36. The van der Waals surface area contributed by atoms with Crippen molar-refractivity contribution in [2.75, 3.05) is 6.61 Å². The number of aliphatic carboxylic acids is 1. The maximum Gasteiger partial charge on any atom is 0.311 e. The molecule has 0 bridgehead atoms. The summed E-state index contributed by atoms with van der Waals surface area (Å²) in [5.74, 6) is -0.0279. The van der Waals surface area contributed by atoms with Crippen LogP contribution in [0.3, 0.4) is 0 Å². The van der Waals surface area contributed by atoms with Crippen LogP contribution in [0.15, 0.2) is 10.6 Å². The first-order valence-corrected chi connectivity index (χ1v) is 5.03. The van der Waals surface area contributed by atoms with Gasteiger partial charge in [0.05, 0.1) is 6.20 Å². The summed E-state index contributed by atoms with van der Waals surface area (Å²) in [5.41, 5.74) is 0. The van der Waals surface area contributed by atoms with Crippen LogP contribution in [0.2, 0.25) is 0 Å². The first kappa shape index (κ1) is 10.2. The Morgan fingerprint density at radius 3 is 3.13 bits per heavy atom. The van der Waals surface area contributed by atoms with Crippen molar-refractivity contribution in [2.24, 2.45) is 0 Å². The number of ether oxygens (including phenoxy) is 1. The van der Waals surface area contributed by atoms with Crippen LogP contribution in [0, 0.1) is 0 Å². The van der Waals surface area contributed by atoms with Gasteiger partial charge in [0.25, 0.3) is 0 Å². The predicted octanol–water partition coefficient (Wildman–Crippen LogP) is 1.54. The van der Waals surface area contributed by atoms with E-state index in [2.05, 4.69) is 4.98 Å². The summed E-state index contributed by atoms with van der Waals surface area (Å²) in [6.07, 6.45) is 4.30. The van der Waals surface area contributed by atoms with Crippen LogP contribution in [0.4, 0.5) is 0 Å². The van der Waals surface area contributed by atoms with E-state index in [1.165, 1.54) is 6.20 Å². The van der Waals surface area contributed by atoms with Crippen molar-refractivity contribution in [3.63, 3.8) is 0 Å². The minimum Gasteiger partial charge on any atom is -0.481 e. The summed E-state index contributed by atoms with van der Waals surface area (Å²) in [5, 5.41) is 8.57. The quantitative estimate of drug-likeness (QED) is 0.821. The molecule has 0 saturated carbocycles. The molecule has 1 aliphatic rings. The third-order valence-electron chi connectivity index (χ3n) is 2.35. The molecule has 1 atom stereocenters. The lowest BCUT2D eigenvalue weighted by Gasteiger charge is -2.19. The number of carboxylic acid groups (broad SMARTS) is 1. The summed E-state index contributed by atoms with van der Waals surface area (Å²) >= 11 is 0. The van der Waals surface area contributed by atoms with Crippen molar-refractivity contribution in [1.29, 1.82) is 0 Å². The van der Waals surface area contributed by atoms with E-state index in [0.29, 0.717) is 11.7 Å². The largest absolute Gasteiger partial charge is 0.481 e. The van der Waals surface area contributed by atoms with E-state index in [0.717, 1.165) is 25.9 Å². The molecular weight excluding hydrogens is 198 g/mol. The summed E-state index contributed by atoms with van der Waals surface area (Å²) in [4.78, 5) is 14.5. The SMILES string of the molecule is O=C(O)Cc1cnc(C2CCCCO2)o1. The second kappa shape index (κ2) is 4.44. The highest BCUT2D eigenvalue weighted by Crippen LogP contribution is 2.27. The van der Waals surface area contributed by atoms with E-state index in [1.54, 1.807) is 0 Å². The predicted molar refractivity (Wildman–Crippen MR) is 50.4 cm³/mol. The molecule has 1 aromatic heterocycles. The maximum atomic E-state index is 10.4. The average Bonchev–Trinajstić information content (AvgIpc) is 2.67. The van der Waals surface area contributed by atoms with Crippen molar-refractivity contribution < 1.29 is 19.1 Å². The number of nitrogens with zero attached hydrogens (tertiary/aromatic N) is 1. The zero-order valence-corrected chi connectivity index (χ0v) is 8.31. The smallest absolute Gasteiger partial charge is 0.311 e. The van der Waals surface area contributed by atoms with Crippen molar-refractivity contribution in [3.8, 4) is 0 Å². The molecule has 1 fully saturated rings. The molecule has 0 amide bonds. The number of hydrogen-bond donors (Lipinski definition) is 1. The third kappa shape index (κ3) is 2.56. The molecule has 1 aliphatic heterocycles. The topological polar surface area (TPSA) is 72.6 Å². The lowest BCUT2D eigenvalue weighted by atomic mass is 10.1. The normalized spacial score (nSPS) is 21.5. The molecule has 15 heavy (non-hydrogen) atoms. The molecule has 1 N–H and O–H groups in total. The Balaban J connectivity index is 2.02. The Morgan fingerprint density at radius 1 is 1.60 bits per heavy atom. The van der Waals surface area contributed by atoms with Crippen LogP contribution in [-0.2, 0) is 16.0 Å². The number of carboxylic acids is 1. The van der Waals surface area contributed by atoms with Crippen molar-refractivity contribution in [3.05, 3.63) is 17.8 Å². The van der Waals surface area contributed by atoms with Crippen LogP contribution in [0.5, 0.6) is 0 Å². The van der Waals surface area contributed by atoms with Gasteiger partial charge in [0.15, 0.2) is 0 Å². The zero-order chi connectivity index (χ0) is 10.7. The van der Waals surface area contributed by atoms with Gasteiger partial charge in [-0.1, -0.05) is 0 Å². The van der Waals surface area contributed by atoms with Gasteiger partial charge in [0.1, 0.15) is 18.3 Å². The Morgan fingerprint density at radius 2 is 2.47 bits per heavy atom. The van der Waals surface area contributed by atoms with Crippen molar-refractivity contribution in [2.45, 2.75) is 31.8 Å². The number of oxazole rings is 1. The molecule has 2 heterocycles. The minimum atomic E-state index is -0.915. The number of hydrogen-bond acceptors (Lipinski definition) is 4. The average molecular weight is 211 g/mol. The van der Waals surface area contributed by atoms with Crippen LogP contribution < -0.4 is 0 Å². The lowest BCUT2D eigenvalue weighted by Crippen LogP contribution is -2.11. The number of rotatable bonds is 3. The Kier molecular flexibility index (Phi) is 3.01. The molecule has 0 aromatic carbocycles. The summed E-state index contributed by atoms with van der Waals surface area (Å²) < 4.78 is 10.8. The minimum absolute atomic E-state index is 0.0960. The number of aromatic nitrogens is 1. The first-order chi connectivity index (χ1) is 7.25. The van der Waals surface area contributed by atoms with Gasteiger partial charge < -0.3 is 14.3 Å². The standard InChI is InChI=1S/C10H13NO4/c12-9(13)5-7-6-11-10(15-7)8-3-1-2-4-14-8/h6,8H,1-5H2,(H,12,13). The Bertz CT molecular complexity index is 341. The van der Waals surface area contributed by atoms with E-state index in [1.807, 2.05) is 0 Å². The molecule has 5 heteroatoms. The number of carbonyl (C=O) groups is 1. The van der Waals surface area contributed by atoms with E-state index < -0.39 is 5.97 Å². The van der Waals surface area contributed by atoms with Gasteiger partial charge in [0.2, 0.25) is 5.89 Å². The fraction of sp³-hybridized carbons (Fsp3) is 0.600. The van der Waals surface area contributed by atoms with Crippen LogP contribution >= 0.6 is 0 Å². The molecule has 1 unspecified atom stereocenters. The van der Waals surface area contributed by atoms with Gasteiger partial charge in [-0.3, -0.25) is 4.79 Å². The highest BCUT2D eigenvalue weighted by atomic mass is 16.5. The second-order valence-electron chi connectivity index (χ2n) is 3.59. The van der Waals surface area contributed by atoms with E-state index in [-0.39, 0.29) is 12.5 Å². The molecule has 5 nitrogen and oxygen atoms in total. The van der Waals surface area contributed by atoms with E-state index in [4.69, 9.17) is 14.3 Å². The van der Waals surface area contributed by atoms with Crippen LogP contribution in [-0.4, -0.2) is 22.7 Å². The van der Waals surface area contributed by atoms with E-state index in [9.17, 15) is 4.79 Å². The van der Waals surface area contributed by atoms with Gasteiger partial charge in [0, 0.05) is 6.61 Å². The molecule has 1 saturated heterocycles. The van der Waals surface area contributed by atoms with Gasteiger partial charge >= 0.3 is 5.97 Å². The molecule has 1 aromatic rings. The molecule has 82 valence electrons. The van der Waals surface area contributed by atoms with Gasteiger partial charge in [-0.25, -0.2) is 4.98 Å². The van der Waals surface area contributed by atoms with E-state index >= 15 is 0 Å². The van der Waals surface area contributed by atoms with Gasteiger partial charge in [-0.15, -0.1) is 0 Å². The maximum absolute atomic E-state index is 10.4. The third-order valence-corrected chi connectivity index (χ3v) is 2.35. The van der Waals surface area contributed by atoms with Gasteiger partial charge in [-0.2, -0.15) is 0 Å². The summed E-state index contributed by atoms with van der Waals surface area (Å²) in [7, 11) is 0. The summed E-state index contributed by atoms with van der Waals surface area (Å²) in [6.45, 7) is 0.724. The highest BCUT2D eigenvalue weighted by Gasteiger charge is 2.21. The Labute approximate surface area is 87.1 Å². The fourth-order valence-corrected chi connectivity index (χ4v) is 1.64. The fourth-order valence-electron chi connectivity index (χ4n) is 1.64. The monoisotopic (exact) mass is 211 g/mol. The molecular formula is C10H13NO4. The summed E-state index contributed by atoms with van der Waals surface area (Å²) in [6, 6.07) is 0. The van der Waals surface area contributed by atoms with Crippen molar-refractivity contribution in [1.82, 2.24) is 4.98 Å². The molecule has 0 spiro atoms. The van der Waals surface area contributed by atoms with Crippen LogP contribution in [0.25, 0.3) is 0 Å². The first-order valence-electron chi connectivity index (χ1n) is 5.03. The lowest BCUT2D eigenvalue weighted by molar-refractivity contribution is -0.136. The molecule has 2 rings (SSSR count). The second-order valence-corrected chi connectivity index (χ2v) is 3.59. The zero-order valence-electron chi connectivity index (χ0n) is 8.31. The van der Waals surface area contributed by atoms with Gasteiger partial charge in [-0.05, 0) is 19.3 Å². The van der Waals surface area contributed by atoms with Crippen LogP contribution in [0.1, 0.15) is 37.0 Å².